The molecule has 2 aromatic carbocycles. The zero-order valence-corrected chi connectivity index (χ0v) is 16.7. The maximum atomic E-state index is 12.3. The summed E-state index contributed by atoms with van der Waals surface area (Å²) in [5.41, 5.74) is 3.57. The minimum Gasteiger partial charge on any atom is -0.380 e. The summed E-state index contributed by atoms with van der Waals surface area (Å²) in [6, 6.07) is 15.6. The van der Waals surface area contributed by atoms with Crippen LogP contribution in [0.5, 0.6) is 0 Å². The van der Waals surface area contributed by atoms with Crippen molar-refractivity contribution in [1.29, 1.82) is 0 Å². The van der Waals surface area contributed by atoms with Crippen molar-refractivity contribution in [3.63, 3.8) is 0 Å². The number of hydrogen-bond donors (Lipinski definition) is 1. The fourth-order valence-electron chi connectivity index (χ4n) is 2.80. The van der Waals surface area contributed by atoms with Gasteiger partial charge >= 0.3 is 0 Å². The molecule has 0 unspecified atom stereocenters. The number of anilines is 1. The topological polar surface area (TPSA) is 64.0 Å². The number of imidazole rings is 1. The summed E-state index contributed by atoms with van der Waals surface area (Å²) in [7, 11) is -3.28. The number of benzene rings is 2. The van der Waals surface area contributed by atoms with Crippen molar-refractivity contribution in [3.05, 3.63) is 66.6 Å². The molecule has 1 aromatic heterocycles. The van der Waals surface area contributed by atoms with Crippen LogP contribution in [0.4, 0.5) is 5.69 Å². The van der Waals surface area contributed by atoms with E-state index in [9.17, 15) is 8.42 Å². The van der Waals surface area contributed by atoms with Gasteiger partial charge in [0.15, 0.2) is 9.84 Å². The Morgan fingerprint density at radius 3 is 2.48 bits per heavy atom. The number of nitrogens with zero attached hydrogens (tertiary/aromatic N) is 2. The lowest BCUT2D eigenvalue weighted by atomic mass is 10.1. The van der Waals surface area contributed by atoms with Crippen molar-refractivity contribution in [2.75, 3.05) is 11.1 Å². The highest BCUT2D eigenvalue weighted by atomic mass is 32.2. The summed E-state index contributed by atoms with van der Waals surface area (Å²) in [4.78, 5) is 4.82. The molecular formula is C21H25N3O2S. The normalized spacial score (nSPS) is 11.7. The van der Waals surface area contributed by atoms with Gasteiger partial charge in [-0.3, -0.25) is 0 Å². The lowest BCUT2D eigenvalue weighted by molar-refractivity contribution is 0.597. The molecule has 0 saturated carbocycles. The molecule has 0 amide bonds. The van der Waals surface area contributed by atoms with Crippen LogP contribution in [-0.2, 0) is 16.4 Å². The van der Waals surface area contributed by atoms with Crippen LogP contribution in [0.25, 0.3) is 11.3 Å². The molecule has 0 radical (unpaired) electrons. The fraction of sp³-hybridized carbons (Fsp3) is 0.286. The average Bonchev–Trinajstić information content (AvgIpc) is 3.17. The molecule has 0 aliphatic carbocycles. The Balaban J connectivity index is 2.00. The van der Waals surface area contributed by atoms with E-state index in [1.807, 2.05) is 35.0 Å². The van der Waals surface area contributed by atoms with Crippen LogP contribution in [0.2, 0.25) is 0 Å². The highest BCUT2D eigenvalue weighted by molar-refractivity contribution is 7.91. The Bertz CT molecular complexity index is 1010. The van der Waals surface area contributed by atoms with Crippen molar-refractivity contribution >= 4 is 15.5 Å². The van der Waals surface area contributed by atoms with E-state index < -0.39 is 9.84 Å². The molecule has 3 rings (SSSR count). The van der Waals surface area contributed by atoms with E-state index in [0.29, 0.717) is 11.4 Å². The van der Waals surface area contributed by atoms with Crippen molar-refractivity contribution in [2.24, 2.45) is 0 Å². The van der Waals surface area contributed by atoms with Gasteiger partial charge in [0.05, 0.1) is 22.7 Å². The first-order valence-electron chi connectivity index (χ1n) is 9.09. The van der Waals surface area contributed by atoms with Crippen molar-refractivity contribution < 1.29 is 8.42 Å². The van der Waals surface area contributed by atoms with Gasteiger partial charge in [-0.25, -0.2) is 13.4 Å². The minimum atomic E-state index is -3.28. The smallest absolute Gasteiger partial charge is 0.178 e. The van der Waals surface area contributed by atoms with Crippen molar-refractivity contribution in [2.45, 2.75) is 38.3 Å². The molecular weight excluding hydrogens is 358 g/mol. The molecule has 0 fully saturated rings. The summed E-state index contributed by atoms with van der Waals surface area (Å²) < 4.78 is 26.7. The van der Waals surface area contributed by atoms with Crippen molar-refractivity contribution in [3.8, 4) is 11.3 Å². The standard InChI is InChI=1S/C21H25N3O2S/c1-4-27(25,26)18-10-11-20(22-13-17-8-6-5-7-9-17)19(12-18)21-14-24(15-23-21)16(2)3/h5-12,14-16,22H,4,13H2,1-3H3. The second-order valence-corrected chi connectivity index (χ2v) is 9.03. The van der Waals surface area contributed by atoms with Gasteiger partial charge in [0.25, 0.3) is 0 Å². The number of nitrogens with one attached hydrogen (secondary N) is 1. The first kappa shape index (κ1) is 19.2. The summed E-state index contributed by atoms with van der Waals surface area (Å²) in [5, 5.41) is 3.42. The lowest BCUT2D eigenvalue weighted by Gasteiger charge is -2.13. The maximum absolute atomic E-state index is 12.3. The summed E-state index contributed by atoms with van der Waals surface area (Å²) in [6.45, 7) is 6.47. The Morgan fingerprint density at radius 2 is 1.85 bits per heavy atom. The van der Waals surface area contributed by atoms with E-state index in [-0.39, 0.29) is 11.8 Å². The second kappa shape index (κ2) is 7.96. The van der Waals surface area contributed by atoms with Gasteiger partial charge in [0, 0.05) is 30.0 Å². The molecule has 5 nitrogen and oxygen atoms in total. The maximum Gasteiger partial charge on any atom is 0.178 e. The predicted octanol–water partition coefficient (Wildman–Crippen LogP) is 4.54. The fourth-order valence-corrected chi connectivity index (χ4v) is 3.71. The number of rotatable bonds is 7. The molecule has 0 aliphatic rings. The zero-order valence-electron chi connectivity index (χ0n) is 15.9. The molecule has 0 atom stereocenters. The molecule has 0 aliphatic heterocycles. The van der Waals surface area contributed by atoms with Gasteiger partial charge in [-0.15, -0.1) is 0 Å². The predicted molar refractivity (Wildman–Crippen MR) is 110 cm³/mol. The third-order valence-electron chi connectivity index (χ3n) is 4.53. The highest BCUT2D eigenvalue weighted by Crippen LogP contribution is 2.31. The Labute approximate surface area is 161 Å². The van der Waals surface area contributed by atoms with E-state index in [4.69, 9.17) is 0 Å². The SMILES string of the molecule is CCS(=O)(=O)c1ccc(NCc2ccccc2)c(-c2cn(C(C)C)cn2)c1. The first-order chi connectivity index (χ1) is 12.9. The van der Waals surface area contributed by atoms with Crippen LogP contribution >= 0.6 is 0 Å². The van der Waals surface area contributed by atoms with Gasteiger partial charge in [-0.05, 0) is 37.6 Å². The van der Waals surface area contributed by atoms with E-state index >= 15 is 0 Å². The monoisotopic (exact) mass is 383 g/mol. The van der Waals surface area contributed by atoms with E-state index in [1.54, 1.807) is 25.4 Å². The Kier molecular flexibility index (Phi) is 5.65. The van der Waals surface area contributed by atoms with Crippen LogP contribution in [0.1, 0.15) is 32.4 Å². The number of hydrogen-bond acceptors (Lipinski definition) is 4. The molecule has 1 heterocycles. The zero-order chi connectivity index (χ0) is 19.4. The van der Waals surface area contributed by atoms with Crippen LogP contribution in [-0.4, -0.2) is 23.7 Å². The molecule has 0 saturated heterocycles. The number of sulfone groups is 1. The first-order valence-corrected chi connectivity index (χ1v) is 10.7. The van der Waals surface area contributed by atoms with E-state index in [0.717, 1.165) is 22.5 Å². The molecule has 142 valence electrons. The van der Waals surface area contributed by atoms with E-state index in [2.05, 4.69) is 36.3 Å². The molecule has 6 heteroatoms. The van der Waals surface area contributed by atoms with Gasteiger partial charge < -0.3 is 9.88 Å². The molecule has 27 heavy (non-hydrogen) atoms. The number of aromatic nitrogens is 2. The lowest BCUT2D eigenvalue weighted by Crippen LogP contribution is -2.06. The summed E-state index contributed by atoms with van der Waals surface area (Å²) >= 11 is 0. The average molecular weight is 384 g/mol. The Hall–Kier alpha value is -2.60. The summed E-state index contributed by atoms with van der Waals surface area (Å²) in [6.07, 6.45) is 3.73. The quantitative estimate of drug-likeness (QED) is 0.651. The van der Waals surface area contributed by atoms with Crippen LogP contribution in [0.3, 0.4) is 0 Å². The van der Waals surface area contributed by atoms with E-state index in [1.165, 1.54) is 0 Å². The van der Waals surface area contributed by atoms with Gasteiger partial charge in [0.1, 0.15) is 0 Å². The van der Waals surface area contributed by atoms with Crippen LogP contribution < -0.4 is 5.32 Å². The molecule has 3 aromatic rings. The van der Waals surface area contributed by atoms with Crippen LogP contribution in [0.15, 0.2) is 66.0 Å². The largest absolute Gasteiger partial charge is 0.380 e. The third-order valence-corrected chi connectivity index (χ3v) is 6.26. The van der Waals surface area contributed by atoms with Crippen LogP contribution in [0, 0.1) is 0 Å². The Morgan fingerprint density at radius 1 is 1.11 bits per heavy atom. The second-order valence-electron chi connectivity index (χ2n) is 6.75. The van der Waals surface area contributed by atoms with Gasteiger partial charge in [-0.2, -0.15) is 0 Å². The third kappa shape index (κ3) is 4.39. The van der Waals surface area contributed by atoms with Gasteiger partial charge in [0.2, 0.25) is 0 Å². The van der Waals surface area contributed by atoms with Gasteiger partial charge in [-0.1, -0.05) is 37.3 Å². The van der Waals surface area contributed by atoms with Crippen molar-refractivity contribution in [1.82, 2.24) is 9.55 Å². The summed E-state index contributed by atoms with van der Waals surface area (Å²) in [5.74, 6) is 0.0731. The molecule has 1 N–H and O–H groups in total. The molecule has 0 spiro atoms. The minimum absolute atomic E-state index is 0.0731. The molecule has 0 bridgehead atoms. The highest BCUT2D eigenvalue weighted by Gasteiger charge is 2.17.